The van der Waals surface area contributed by atoms with Crippen LogP contribution in [0.15, 0.2) is 54.6 Å². The second-order valence-corrected chi connectivity index (χ2v) is 6.50. The summed E-state index contributed by atoms with van der Waals surface area (Å²) >= 11 is 5.91. The zero-order valence-corrected chi connectivity index (χ0v) is 13.6. The van der Waals surface area contributed by atoms with E-state index < -0.39 is 11.5 Å². The first kappa shape index (κ1) is 16.0. The van der Waals surface area contributed by atoms with Crippen LogP contribution < -0.4 is 5.32 Å². The van der Waals surface area contributed by atoms with Crippen LogP contribution in [0.1, 0.15) is 36.5 Å². The highest BCUT2D eigenvalue weighted by Crippen LogP contribution is 2.48. The van der Waals surface area contributed by atoms with Gasteiger partial charge in [0, 0.05) is 11.6 Å². The molecule has 0 bridgehead atoms. The normalized spacial score (nSPS) is 16.6. The summed E-state index contributed by atoms with van der Waals surface area (Å²) in [7, 11) is 0. The van der Waals surface area contributed by atoms with Crippen LogP contribution in [-0.2, 0) is 10.2 Å². The van der Waals surface area contributed by atoms with Crippen LogP contribution in [0.4, 0.5) is 0 Å². The third kappa shape index (κ3) is 3.57. The van der Waals surface area contributed by atoms with Crippen molar-refractivity contribution < 1.29 is 9.90 Å². The molecule has 1 aliphatic carbocycles. The highest BCUT2D eigenvalue weighted by Gasteiger charge is 2.50. The van der Waals surface area contributed by atoms with Gasteiger partial charge in [-0.1, -0.05) is 54.1 Å². The highest BCUT2D eigenvalue weighted by atomic mass is 35.5. The molecule has 3 rings (SSSR count). The van der Waals surface area contributed by atoms with Crippen LogP contribution in [0.3, 0.4) is 0 Å². The summed E-state index contributed by atoms with van der Waals surface area (Å²) < 4.78 is 0. The number of aliphatic hydroxyl groups excluding tert-OH is 1. The van der Waals surface area contributed by atoms with Crippen molar-refractivity contribution in [1.29, 1.82) is 0 Å². The Morgan fingerprint density at radius 1 is 1.13 bits per heavy atom. The van der Waals surface area contributed by atoms with E-state index in [0.29, 0.717) is 18.0 Å². The summed E-state index contributed by atoms with van der Waals surface area (Å²) in [6.45, 7) is 0.463. The molecule has 0 aliphatic heterocycles. The zero-order valence-electron chi connectivity index (χ0n) is 12.8. The van der Waals surface area contributed by atoms with E-state index in [1.54, 1.807) is 0 Å². The standard InChI is InChI=1S/C19H20ClNO2/c20-16-8-6-15(7-9-16)19(11-12-19)18(23)21-13-10-17(22)14-4-2-1-3-5-14/h1-9,17,22H,10-13H2,(H,21,23). The Balaban J connectivity index is 1.54. The van der Waals surface area contributed by atoms with Crippen LogP contribution in [0.2, 0.25) is 5.02 Å². The molecule has 120 valence electrons. The van der Waals surface area contributed by atoms with E-state index in [2.05, 4.69) is 5.32 Å². The number of benzene rings is 2. The molecule has 0 saturated heterocycles. The molecular weight excluding hydrogens is 310 g/mol. The number of halogens is 1. The first-order valence-electron chi connectivity index (χ1n) is 7.89. The summed E-state index contributed by atoms with van der Waals surface area (Å²) in [5.41, 5.74) is 1.49. The molecule has 3 nitrogen and oxygen atoms in total. The number of hydrogen-bond acceptors (Lipinski definition) is 2. The maximum Gasteiger partial charge on any atom is 0.230 e. The van der Waals surface area contributed by atoms with Gasteiger partial charge in [0.15, 0.2) is 0 Å². The van der Waals surface area contributed by atoms with Gasteiger partial charge < -0.3 is 10.4 Å². The molecule has 23 heavy (non-hydrogen) atoms. The summed E-state index contributed by atoms with van der Waals surface area (Å²) in [6, 6.07) is 17.0. The van der Waals surface area contributed by atoms with Gasteiger partial charge in [-0.05, 0) is 42.5 Å². The van der Waals surface area contributed by atoms with Gasteiger partial charge in [0.1, 0.15) is 0 Å². The number of aliphatic hydroxyl groups is 1. The maximum atomic E-state index is 12.5. The fourth-order valence-electron chi connectivity index (χ4n) is 2.87. The minimum atomic E-state index is -0.554. The zero-order chi connectivity index (χ0) is 16.3. The Kier molecular flexibility index (Phi) is 4.69. The average molecular weight is 330 g/mol. The van der Waals surface area contributed by atoms with Crippen molar-refractivity contribution in [3.8, 4) is 0 Å². The third-order valence-corrected chi connectivity index (χ3v) is 4.72. The van der Waals surface area contributed by atoms with Crippen molar-refractivity contribution in [2.24, 2.45) is 0 Å². The molecular formula is C19H20ClNO2. The molecule has 1 saturated carbocycles. The second-order valence-electron chi connectivity index (χ2n) is 6.06. The fourth-order valence-corrected chi connectivity index (χ4v) is 3.00. The minimum Gasteiger partial charge on any atom is -0.388 e. The number of nitrogens with one attached hydrogen (secondary N) is 1. The van der Waals surface area contributed by atoms with Crippen LogP contribution in [0.25, 0.3) is 0 Å². The van der Waals surface area contributed by atoms with Gasteiger partial charge >= 0.3 is 0 Å². The van der Waals surface area contributed by atoms with E-state index in [-0.39, 0.29) is 5.91 Å². The Hall–Kier alpha value is -1.84. The number of hydrogen-bond donors (Lipinski definition) is 2. The van der Waals surface area contributed by atoms with E-state index in [9.17, 15) is 9.90 Å². The predicted octanol–water partition coefficient (Wildman–Crippen LogP) is 3.61. The number of carbonyl (C=O) groups is 1. The largest absolute Gasteiger partial charge is 0.388 e. The van der Waals surface area contributed by atoms with E-state index in [1.165, 1.54) is 0 Å². The van der Waals surface area contributed by atoms with Crippen molar-refractivity contribution in [3.63, 3.8) is 0 Å². The van der Waals surface area contributed by atoms with E-state index in [1.807, 2.05) is 54.6 Å². The van der Waals surface area contributed by atoms with E-state index >= 15 is 0 Å². The van der Waals surface area contributed by atoms with Gasteiger partial charge in [0.25, 0.3) is 0 Å². The maximum absolute atomic E-state index is 12.5. The Bertz CT molecular complexity index is 666. The van der Waals surface area contributed by atoms with Crippen LogP contribution in [0, 0.1) is 0 Å². The first-order valence-corrected chi connectivity index (χ1v) is 8.27. The van der Waals surface area contributed by atoms with E-state index in [0.717, 1.165) is 24.0 Å². The molecule has 2 aromatic rings. The van der Waals surface area contributed by atoms with Crippen molar-refractivity contribution in [2.45, 2.75) is 30.8 Å². The van der Waals surface area contributed by atoms with Crippen LogP contribution >= 0.6 is 11.6 Å². The lowest BCUT2D eigenvalue weighted by molar-refractivity contribution is -0.123. The lowest BCUT2D eigenvalue weighted by Gasteiger charge is -2.17. The molecule has 2 N–H and O–H groups in total. The van der Waals surface area contributed by atoms with Crippen molar-refractivity contribution in [2.75, 3.05) is 6.54 Å². The van der Waals surface area contributed by atoms with E-state index in [4.69, 9.17) is 11.6 Å². The molecule has 1 aliphatic rings. The number of rotatable bonds is 6. The van der Waals surface area contributed by atoms with Gasteiger partial charge in [0.05, 0.1) is 11.5 Å². The molecule has 0 heterocycles. The Morgan fingerprint density at radius 3 is 2.39 bits per heavy atom. The SMILES string of the molecule is O=C(NCCC(O)c1ccccc1)C1(c2ccc(Cl)cc2)CC1. The summed E-state index contributed by atoms with van der Waals surface area (Å²) in [6.07, 6.45) is 1.68. The van der Waals surface area contributed by atoms with Crippen molar-refractivity contribution in [3.05, 3.63) is 70.7 Å². The molecule has 4 heteroatoms. The monoisotopic (exact) mass is 329 g/mol. The molecule has 1 unspecified atom stereocenters. The second kappa shape index (κ2) is 6.73. The predicted molar refractivity (Wildman–Crippen MR) is 91.4 cm³/mol. The third-order valence-electron chi connectivity index (χ3n) is 4.47. The van der Waals surface area contributed by atoms with Gasteiger partial charge in [0.2, 0.25) is 5.91 Å². The summed E-state index contributed by atoms with van der Waals surface area (Å²) in [5, 5.41) is 13.8. The number of carbonyl (C=O) groups excluding carboxylic acids is 1. The minimum absolute atomic E-state index is 0.0417. The van der Waals surface area contributed by atoms with Crippen LogP contribution in [-0.4, -0.2) is 17.6 Å². The molecule has 0 radical (unpaired) electrons. The summed E-state index contributed by atoms with van der Waals surface area (Å²) in [4.78, 5) is 12.5. The lowest BCUT2D eigenvalue weighted by Crippen LogP contribution is -2.35. The number of amides is 1. The highest BCUT2D eigenvalue weighted by molar-refractivity contribution is 6.30. The topological polar surface area (TPSA) is 49.3 Å². The van der Waals surface area contributed by atoms with Crippen molar-refractivity contribution >= 4 is 17.5 Å². The van der Waals surface area contributed by atoms with Gasteiger partial charge in [-0.3, -0.25) is 4.79 Å². The molecule has 0 aromatic heterocycles. The molecule has 1 amide bonds. The summed E-state index contributed by atoms with van der Waals surface area (Å²) in [5.74, 6) is 0.0417. The van der Waals surface area contributed by atoms with Crippen molar-refractivity contribution in [1.82, 2.24) is 5.32 Å². The molecule has 1 fully saturated rings. The van der Waals surface area contributed by atoms with Gasteiger partial charge in [-0.25, -0.2) is 0 Å². The lowest BCUT2D eigenvalue weighted by atomic mass is 9.95. The molecule has 0 spiro atoms. The van der Waals surface area contributed by atoms with Gasteiger partial charge in [-0.15, -0.1) is 0 Å². The fraction of sp³-hybridized carbons (Fsp3) is 0.316. The van der Waals surface area contributed by atoms with Gasteiger partial charge in [-0.2, -0.15) is 0 Å². The molecule has 1 atom stereocenters. The smallest absolute Gasteiger partial charge is 0.230 e. The Labute approximate surface area is 141 Å². The van der Waals surface area contributed by atoms with Crippen LogP contribution in [0.5, 0.6) is 0 Å². The molecule has 2 aromatic carbocycles. The first-order chi connectivity index (χ1) is 11.1. The Morgan fingerprint density at radius 2 is 1.78 bits per heavy atom. The average Bonchev–Trinajstić information content (AvgIpc) is 3.38. The quantitative estimate of drug-likeness (QED) is 0.850.